The Morgan fingerprint density at radius 3 is 2.60 bits per heavy atom. The van der Waals surface area contributed by atoms with E-state index in [0.717, 1.165) is 6.42 Å². The molecule has 2 atom stereocenters. The van der Waals surface area contributed by atoms with Crippen LogP contribution < -0.4 is 5.73 Å². The van der Waals surface area contributed by atoms with E-state index in [9.17, 15) is 4.39 Å². The highest BCUT2D eigenvalue weighted by Gasteiger charge is 2.29. The Labute approximate surface area is 89.5 Å². The first-order valence-corrected chi connectivity index (χ1v) is 5.59. The van der Waals surface area contributed by atoms with Crippen LogP contribution in [0.4, 0.5) is 10.2 Å². The fourth-order valence-electron chi connectivity index (χ4n) is 2.49. The lowest BCUT2D eigenvalue weighted by Crippen LogP contribution is -2.16. The first kappa shape index (κ1) is 10.5. The summed E-state index contributed by atoms with van der Waals surface area (Å²) in [5, 5.41) is 4.20. The number of nitrogens with two attached hydrogens (primary N) is 1. The summed E-state index contributed by atoms with van der Waals surface area (Å²) in [5.74, 6) is 0.615. The van der Waals surface area contributed by atoms with E-state index >= 15 is 0 Å². The summed E-state index contributed by atoms with van der Waals surface area (Å²) in [5.41, 5.74) is 6.15. The predicted octanol–water partition coefficient (Wildman–Crippen LogP) is 2.44. The smallest absolute Gasteiger partial charge is 0.188 e. The van der Waals surface area contributed by atoms with Crippen molar-refractivity contribution >= 4 is 5.82 Å². The summed E-state index contributed by atoms with van der Waals surface area (Å²) in [4.78, 5) is 0. The molecule has 0 spiro atoms. The molecule has 0 aromatic carbocycles. The van der Waals surface area contributed by atoms with Gasteiger partial charge in [-0.3, -0.25) is 4.68 Å². The Morgan fingerprint density at radius 1 is 1.40 bits per heavy atom. The molecule has 0 aliphatic heterocycles. The highest BCUT2D eigenvalue weighted by Crippen LogP contribution is 2.38. The number of rotatable bonds is 1. The van der Waals surface area contributed by atoms with Crippen molar-refractivity contribution in [2.24, 2.45) is 13.0 Å². The van der Waals surface area contributed by atoms with Crippen molar-refractivity contribution in [3.63, 3.8) is 0 Å². The van der Waals surface area contributed by atoms with Crippen LogP contribution in [-0.4, -0.2) is 9.78 Å². The zero-order valence-corrected chi connectivity index (χ0v) is 9.33. The van der Waals surface area contributed by atoms with E-state index in [-0.39, 0.29) is 17.6 Å². The van der Waals surface area contributed by atoms with Gasteiger partial charge in [-0.05, 0) is 12.3 Å². The largest absolute Gasteiger partial charge is 0.381 e. The second kappa shape index (κ2) is 3.83. The van der Waals surface area contributed by atoms with E-state index in [4.69, 9.17) is 5.73 Å². The number of nitrogens with zero attached hydrogens (tertiary/aromatic N) is 2. The van der Waals surface area contributed by atoms with Crippen LogP contribution in [0.1, 0.15) is 44.2 Å². The lowest BCUT2D eigenvalue weighted by Gasteiger charge is -2.27. The summed E-state index contributed by atoms with van der Waals surface area (Å²) in [6.07, 6.45) is 4.63. The van der Waals surface area contributed by atoms with Crippen molar-refractivity contribution in [2.45, 2.75) is 38.5 Å². The van der Waals surface area contributed by atoms with Crippen molar-refractivity contribution in [3.05, 3.63) is 11.5 Å². The lowest BCUT2D eigenvalue weighted by molar-refractivity contribution is 0.317. The molecule has 1 aliphatic rings. The number of hydrogen-bond acceptors (Lipinski definition) is 2. The third-order valence-corrected chi connectivity index (χ3v) is 3.52. The summed E-state index contributed by atoms with van der Waals surface area (Å²) in [6.45, 7) is 2.17. The SMILES string of the molecule is CC1CCCCC1c1nn(C)c(N)c1F. The molecule has 0 bridgehead atoms. The lowest BCUT2D eigenvalue weighted by atomic mass is 9.78. The molecule has 4 heteroatoms. The van der Waals surface area contributed by atoms with E-state index < -0.39 is 0 Å². The van der Waals surface area contributed by atoms with Gasteiger partial charge in [-0.1, -0.05) is 26.2 Å². The van der Waals surface area contributed by atoms with E-state index in [1.54, 1.807) is 7.05 Å². The summed E-state index contributed by atoms with van der Waals surface area (Å²) >= 11 is 0. The van der Waals surface area contributed by atoms with Crippen molar-refractivity contribution in [1.29, 1.82) is 0 Å². The quantitative estimate of drug-likeness (QED) is 0.775. The van der Waals surface area contributed by atoms with Gasteiger partial charge in [0.05, 0.1) is 0 Å². The molecule has 2 N–H and O–H groups in total. The molecule has 84 valence electrons. The van der Waals surface area contributed by atoms with Gasteiger partial charge in [0.2, 0.25) is 0 Å². The standard InChI is InChI=1S/C11H18FN3/c1-7-5-3-4-6-8(7)10-9(12)11(13)15(2)14-10/h7-8H,3-6,13H2,1-2H3. The number of halogens is 1. The molecule has 1 aromatic heterocycles. The molecule has 1 saturated carbocycles. The van der Waals surface area contributed by atoms with Crippen molar-refractivity contribution < 1.29 is 4.39 Å². The van der Waals surface area contributed by atoms with Crippen LogP contribution in [0.15, 0.2) is 0 Å². The summed E-state index contributed by atoms with van der Waals surface area (Å²) in [7, 11) is 1.69. The summed E-state index contributed by atoms with van der Waals surface area (Å²) < 4.78 is 15.2. The Hall–Kier alpha value is -1.06. The monoisotopic (exact) mass is 211 g/mol. The molecule has 2 unspecified atom stereocenters. The molecule has 0 amide bonds. The molecule has 1 fully saturated rings. The minimum atomic E-state index is -0.309. The van der Waals surface area contributed by atoms with Crippen LogP contribution in [0.25, 0.3) is 0 Å². The zero-order chi connectivity index (χ0) is 11.0. The average Bonchev–Trinajstić information content (AvgIpc) is 2.47. The van der Waals surface area contributed by atoms with Crippen LogP contribution in [0, 0.1) is 11.7 Å². The van der Waals surface area contributed by atoms with E-state index in [1.807, 2.05) is 0 Å². The number of aromatic nitrogens is 2. The Bertz CT molecular complexity index is 359. The second-order valence-corrected chi connectivity index (χ2v) is 4.58. The highest BCUT2D eigenvalue weighted by molar-refractivity contribution is 5.35. The Balaban J connectivity index is 2.31. The van der Waals surface area contributed by atoms with Crippen LogP contribution in [-0.2, 0) is 7.05 Å². The second-order valence-electron chi connectivity index (χ2n) is 4.58. The fourth-order valence-corrected chi connectivity index (χ4v) is 2.49. The molecule has 2 rings (SSSR count). The van der Waals surface area contributed by atoms with Gasteiger partial charge in [0, 0.05) is 13.0 Å². The third kappa shape index (κ3) is 1.73. The van der Waals surface area contributed by atoms with E-state index in [2.05, 4.69) is 12.0 Å². The molecule has 1 heterocycles. The minimum absolute atomic E-state index is 0.155. The van der Waals surface area contributed by atoms with Gasteiger partial charge in [-0.2, -0.15) is 5.10 Å². The molecule has 15 heavy (non-hydrogen) atoms. The third-order valence-electron chi connectivity index (χ3n) is 3.52. The summed E-state index contributed by atoms with van der Waals surface area (Å²) in [6, 6.07) is 0. The highest BCUT2D eigenvalue weighted by atomic mass is 19.1. The molecule has 3 nitrogen and oxygen atoms in total. The number of anilines is 1. The molecule has 1 aliphatic carbocycles. The number of hydrogen-bond donors (Lipinski definition) is 1. The van der Waals surface area contributed by atoms with E-state index in [0.29, 0.717) is 11.6 Å². The Kier molecular flexibility index (Phi) is 2.67. The van der Waals surface area contributed by atoms with Gasteiger partial charge in [0.1, 0.15) is 5.69 Å². The normalized spacial score (nSPS) is 26.9. The zero-order valence-electron chi connectivity index (χ0n) is 9.33. The average molecular weight is 211 g/mol. The van der Waals surface area contributed by atoms with Gasteiger partial charge >= 0.3 is 0 Å². The van der Waals surface area contributed by atoms with Crippen molar-refractivity contribution in [2.75, 3.05) is 5.73 Å². The van der Waals surface area contributed by atoms with Crippen molar-refractivity contribution in [3.8, 4) is 0 Å². The minimum Gasteiger partial charge on any atom is -0.381 e. The molecule has 1 aromatic rings. The van der Waals surface area contributed by atoms with Gasteiger partial charge in [-0.15, -0.1) is 0 Å². The number of nitrogen functional groups attached to an aromatic ring is 1. The first-order chi connectivity index (χ1) is 7.11. The van der Waals surface area contributed by atoms with Crippen LogP contribution in [0.5, 0.6) is 0 Å². The first-order valence-electron chi connectivity index (χ1n) is 5.59. The van der Waals surface area contributed by atoms with Crippen LogP contribution in [0.3, 0.4) is 0 Å². The van der Waals surface area contributed by atoms with Gasteiger partial charge in [0.25, 0.3) is 0 Å². The van der Waals surface area contributed by atoms with Crippen molar-refractivity contribution in [1.82, 2.24) is 9.78 Å². The molecular weight excluding hydrogens is 193 g/mol. The van der Waals surface area contributed by atoms with Gasteiger partial charge in [0.15, 0.2) is 11.6 Å². The molecular formula is C11H18FN3. The maximum Gasteiger partial charge on any atom is 0.188 e. The van der Waals surface area contributed by atoms with Crippen LogP contribution >= 0.6 is 0 Å². The van der Waals surface area contributed by atoms with Gasteiger partial charge < -0.3 is 5.73 Å². The predicted molar refractivity (Wildman–Crippen MR) is 58.0 cm³/mol. The van der Waals surface area contributed by atoms with Gasteiger partial charge in [-0.25, -0.2) is 4.39 Å². The maximum absolute atomic E-state index is 13.8. The number of aryl methyl sites for hydroxylation is 1. The maximum atomic E-state index is 13.8. The molecule has 0 saturated heterocycles. The fraction of sp³-hybridized carbons (Fsp3) is 0.727. The van der Waals surface area contributed by atoms with Crippen LogP contribution in [0.2, 0.25) is 0 Å². The van der Waals surface area contributed by atoms with E-state index in [1.165, 1.54) is 23.9 Å². The topological polar surface area (TPSA) is 43.8 Å². The Morgan fingerprint density at radius 2 is 2.07 bits per heavy atom. The molecule has 0 radical (unpaired) electrons.